The van der Waals surface area contributed by atoms with Crippen LogP contribution in [-0.4, -0.2) is 12.9 Å². The molecule has 1 nitrogen and oxygen atoms in total. The first-order valence-electron chi connectivity index (χ1n) is 6.78. The Labute approximate surface area is 121 Å². The standard InChI is InChI=1S/C17H24OS/c1-16(2,3)15-14(18-11-17(15,4)5)12-8-7-9-13(10-12)19-6/h7-10H,11H2,1-6H3. The molecule has 104 valence electrons. The first-order chi connectivity index (χ1) is 8.75. The molecule has 1 aliphatic rings. The van der Waals surface area contributed by atoms with E-state index in [4.69, 9.17) is 4.74 Å². The minimum Gasteiger partial charge on any atom is -0.492 e. The van der Waals surface area contributed by atoms with E-state index in [-0.39, 0.29) is 10.8 Å². The van der Waals surface area contributed by atoms with Crippen LogP contribution in [0.5, 0.6) is 0 Å². The van der Waals surface area contributed by atoms with Crippen LogP contribution in [0.4, 0.5) is 0 Å². The average Bonchev–Trinajstić information content (AvgIpc) is 2.65. The quantitative estimate of drug-likeness (QED) is 0.685. The van der Waals surface area contributed by atoms with Crippen LogP contribution < -0.4 is 0 Å². The van der Waals surface area contributed by atoms with Crippen molar-refractivity contribution in [3.8, 4) is 0 Å². The number of hydrogen-bond acceptors (Lipinski definition) is 2. The molecular formula is C17H24OS. The van der Waals surface area contributed by atoms with Gasteiger partial charge >= 0.3 is 0 Å². The van der Waals surface area contributed by atoms with Crippen molar-refractivity contribution < 1.29 is 4.74 Å². The number of ether oxygens (including phenoxy) is 1. The third kappa shape index (κ3) is 2.84. The van der Waals surface area contributed by atoms with Crippen molar-refractivity contribution in [2.45, 2.75) is 39.5 Å². The van der Waals surface area contributed by atoms with Gasteiger partial charge in [-0.25, -0.2) is 0 Å². The Kier molecular flexibility index (Phi) is 3.74. The molecule has 1 aromatic carbocycles. The van der Waals surface area contributed by atoms with E-state index >= 15 is 0 Å². The van der Waals surface area contributed by atoms with Crippen LogP contribution in [0.25, 0.3) is 5.76 Å². The number of rotatable bonds is 2. The van der Waals surface area contributed by atoms with Crippen LogP contribution in [0.1, 0.15) is 40.2 Å². The summed E-state index contributed by atoms with van der Waals surface area (Å²) in [6, 6.07) is 8.64. The predicted octanol–water partition coefficient (Wildman–Crippen LogP) is 5.22. The molecule has 0 radical (unpaired) electrons. The van der Waals surface area contributed by atoms with Gasteiger partial charge in [0.2, 0.25) is 0 Å². The molecule has 1 heterocycles. The molecule has 0 spiro atoms. The third-order valence-electron chi connectivity index (χ3n) is 3.56. The Bertz CT molecular complexity index is 506. The lowest BCUT2D eigenvalue weighted by Gasteiger charge is -2.30. The fourth-order valence-electron chi connectivity index (χ4n) is 3.05. The molecule has 0 fully saturated rings. The second-order valence-corrected chi connectivity index (χ2v) is 7.74. The molecule has 0 aliphatic carbocycles. The minimum absolute atomic E-state index is 0.114. The molecule has 0 saturated heterocycles. The Hall–Kier alpha value is -0.890. The molecule has 2 heteroatoms. The molecule has 0 atom stereocenters. The van der Waals surface area contributed by atoms with Crippen molar-refractivity contribution in [2.24, 2.45) is 10.8 Å². The summed E-state index contributed by atoms with van der Waals surface area (Å²) in [6.45, 7) is 12.2. The van der Waals surface area contributed by atoms with Crippen molar-refractivity contribution in [3.63, 3.8) is 0 Å². The molecule has 2 rings (SSSR count). The Morgan fingerprint density at radius 3 is 2.47 bits per heavy atom. The van der Waals surface area contributed by atoms with Gasteiger partial charge < -0.3 is 4.74 Å². The maximum Gasteiger partial charge on any atom is 0.126 e. The van der Waals surface area contributed by atoms with Crippen LogP contribution >= 0.6 is 11.8 Å². The second-order valence-electron chi connectivity index (χ2n) is 6.86. The van der Waals surface area contributed by atoms with Crippen molar-refractivity contribution in [3.05, 3.63) is 35.4 Å². The minimum atomic E-state index is 0.114. The van der Waals surface area contributed by atoms with Gasteiger partial charge in [-0.2, -0.15) is 0 Å². The highest BCUT2D eigenvalue weighted by Crippen LogP contribution is 2.49. The first-order valence-corrected chi connectivity index (χ1v) is 8.00. The van der Waals surface area contributed by atoms with Crippen molar-refractivity contribution in [2.75, 3.05) is 12.9 Å². The fraction of sp³-hybridized carbons (Fsp3) is 0.529. The van der Waals surface area contributed by atoms with Crippen LogP contribution in [0.15, 0.2) is 34.7 Å². The lowest BCUT2D eigenvalue weighted by molar-refractivity contribution is 0.213. The summed E-state index contributed by atoms with van der Waals surface area (Å²) in [5, 5.41) is 0. The summed E-state index contributed by atoms with van der Waals surface area (Å²) >= 11 is 1.77. The van der Waals surface area contributed by atoms with Crippen molar-refractivity contribution >= 4 is 17.5 Å². The topological polar surface area (TPSA) is 9.23 Å². The Morgan fingerprint density at radius 2 is 1.89 bits per heavy atom. The molecule has 19 heavy (non-hydrogen) atoms. The van der Waals surface area contributed by atoms with Crippen LogP contribution in [0.2, 0.25) is 0 Å². The van der Waals surface area contributed by atoms with E-state index in [1.807, 2.05) is 0 Å². The summed E-state index contributed by atoms with van der Waals surface area (Å²) in [5.41, 5.74) is 2.88. The highest BCUT2D eigenvalue weighted by atomic mass is 32.2. The third-order valence-corrected chi connectivity index (χ3v) is 4.29. The Morgan fingerprint density at radius 1 is 1.21 bits per heavy atom. The van der Waals surface area contributed by atoms with Crippen LogP contribution in [0.3, 0.4) is 0 Å². The van der Waals surface area contributed by atoms with Gasteiger partial charge in [-0.3, -0.25) is 0 Å². The highest BCUT2D eigenvalue weighted by molar-refractivity contribution is 7.98. The lowest BCUT2D eigenvalue weighted by Crippen LogP contribution is -2.24. The molecular weight excluding hydrogens is 252 g/mol. The normalized spacial score (nSPS) is 18.6. The molecule has 0 unspecified atom stereocenters. The SMILES string of the molecule is CSc1cccc(C2=C(C(C)(C)C)C(C)(C)CO2)c1. The molecule has 1 aliphatic heterocycles. The van der Waals surface area contributed by atoms with E-state index in [0.29, 0.717) is 0 Å². The maximum absolute atomic E-state index is 6.06. The van der Waals surface area contributed by atoms with Gasteiger partial charge in [0.1, 0.15) is 5.76 Å². The molecule has 0 aromatic heterocycles. The fourth-order valence-corrected chi connectivity index (χ4v) is 3.51. The average molecular weight is 276 g/mol. The summed E-state index contributed by atoms with van der Waals surface area (Å²) < 4.78 is 6.06. The Balaban J connectivity index is 2.57. The summed E-state index contributed by atoms with van der Waals surface area (Å²) in [5.74, 6) is 1.09. The monoisotopic (exact) mass is 276 g/mol. The van der Waals surface area contributed by atoms with E-state index in [9.17, 15) is 0 Å². The molecule has 1 aromatic rings. The van der Waals surface area contributed by atoms with Gasteiger partial charge in [-0.05, 0) is 29.4 Å². The summed E-state index contributed by atoms with van der Waals surface area (Å²) in [4.78, 5) is 1.28. The van der Waals surface area contributed by atoms with Crippen LogP contribution in [-0.2, 0) is 4.74 Å². The summed E-state index contributed by atoms with van der Waals surface area (Å²) in [7, 11) is 0. The van der Waals surface area contributed by atoms with E-state index in [2.05, 4.69) is 65.1 Å². The smallest absolute Gasteiger partial charge is 0.126 e. The van der Waals surface area contributed by atoms with Gasteiger partial charge in [-0.1, -0.05) is 46.8 Å². The molecule has 0 amide bonds. The number of benzene rings is 1. The van der Waals surface area contributed by atoms with Crippen LogP contribution in [0, 0.1) is 10.8 Å². The zero-order valence-electron chi connectivity index (χ0n) is 12.8. The second kappa shape index (κ2) is 4.90. The predicted molar refractivity (Wildman–Crippen MR) is 84.3 cm³/mol. The molecule has 0 N–H and O–H groups in total. The van der Waals surface area contributed by atoms with E-state index in [1.54, 1.807) is 11.8 Å². The van der Waals surface area contributed by atoms with Crippen molar-refractivity contribution in [1.82, 2.24) is 0 Å². The van der Waals surface area contributed by atoms with Crippen molar-refractivity contribution in [1.29, 1.82) is 0 Å². The highest BCUT2D eigenvalue weighted by Gasteiger charge is 2.41. The lowest BCUT2D eigenvalue weighted by atomic mass is 9.71. The van der Waals surface area contributed by atoms with E-state index in [1.165, 1.54) is 16.0 Å². The van der Waals surface area contributed by atoms with Gasteiger partial charge in [0.25, 0.3) is 0 Å². The van der Waals surface area contributed by atoms with Gasteiger partial charge in [0, 0.05) is 15.9 Å². The zero-order valence-corrected chi connectivity index (χ0v) is 13.6. The first kappa shape index (κ1) is 14.5. The van der Waals surface area contributed by atoms with Gasteiger partial charge in [0.15, 0.2) is 0 Å². The molecule has 0 bridgehead atoms. The largest absolute Gasteiger partial charge is 0.492 e. The molecule has 0 saturated carbocycles. The zero-order chi connectivity index (χ0) is 14.3. The summed E-state index contributed by atoms with van der Waals surface area (Å²) in [6.07, 6.45) is 2.11. The number of thioether (sulfide) groups is 1. The van der Waals surface area contributed by atoms with Gasteiger partial charge in [-0.15, -0.1) is 11.8 Å². The van der Waals surface area contributed by atoms with E-state index < -0.39 is 0 Å². The van der Waals surface area contributed by atoms with Gasteiger partial charge in [0.05, 0.1) is 6.61 Å². The van der Waals surface area contributed by atoms with E-state index in [0.717, 1.165) is 12.4 Å². The number of hydrogen-bond donors (Lipinski definition) is 0. The maximum atomic E-state index is 6.06.